The maximum atomic E-state index is 11.8. The number of carbonyl (C=O) groups is 1. The van der Waals surface area contributed by atoms with E-state index in [1.165, 1.54) is 11.8 Å². The molecule has 1 N–H and O–H groups in total. The quantitative estimate of drug-likeness (QED) is 0.773. The number of esters is 1. The summed E-state index contributed by atoms with van der Waals surface area (Å²) in [7, 11) is 1.20. The van der Waals surface area contributed by atoms with Gasteiger partial charge in [0, 0.05) is 0 Å². The summed E-state index contributed by atoms with van der Waals surface area (Å²) in [5.74, 6) is -0.752. The average Bonchev–Trinajstić information content (AvgIpc) is 2.70. The number of benzene rings is 1. The van der Waals surface area contributed by atoms with Crippen LogP contribution in [-0.2, 0) is 4.74 Å². The second kappa shape index (κ2) is 4.25. The molecule has 0 spiro atoms. The van der Waals surface area contributed by atoms with E-state index in [4.69, 9.17) is 0 Å². The van der Waals surface area contributed by atoms with Crippen molar-refractivity contribution in [1.82, 2.24) is 15.0 Å². The third-order valence-electron chi connectivity index (χ3n) is 2.31. The molecule has 1 aromatic carbocycles. The summed E-state index contributed by atoms with van der Waals surface area (Å²) >= 11 is 0. The molecule has 0 bridgehead atoms. The highest BCUT2D eigenvalue weighted by molar-refractivity contribution is 5.86. The second-order valence-electron chi connectivity index (χ2n) is 3.53. The topological polar surface area (TPSA) is 77.0 Å². The molecule has 0 saturated carbocycles. The molecule has 1 aromatic heterocycles. The number of aromatic amines is 1. The van der Waals surface area contributed by atoms with Gasteiger partial charge < -0.3 is 4.74 Å². The Bertz CT molecular complexity index is 612. The largest absolute Gasteiger partial charge is 0.464 e. The minimum Gasteiger partial charge on any atom is -0.464 e. The number of rotatable bonds is 2. The lowest BCUT2D eigenvalue weighted by Gasteiger charge is -2.00. The number of ether oxygens (including phenoxy) is 1. The molecule has 6 nitrogen and oxygen atoms in total. The van der Waals surface area contributed by atoms with Gasteiger partial charge in [0.1, 0.15) is 0 Å². The first-order valence-electron chi connectivity index (χ1n) is 4.96. The molecule has 17 heavy (non-hydrogen) atoms. The lowest BCUT2D eigenvalue weighted by molar-refractivity contribution is 0.0592. The number of methoxy groups -OCH3 is 1. The van der Waals surface area contributed by atoms with Crippen LogP contribution in [0, 0.1) is 6.92 Å². The van der Waals surface area contributed by atoms with Gasteiger partial charge in [-0.2, -0.15) is 0 Å². The molecule has 0 aliphatic carbocycles. The van der Waals surface area contributed by atoms with Crippen LogP contribution in [0.2, 0.25) is 0 Å². The molecule has 2 aromatic rings. The number of nitrogens with one attached hydrogen (secondary N) is 1. The van der Waals surface area contributed by atoms with Gasteiger partial charge in [-0.05, 0) is 24.6 Å². The number of hydrogen-bond acceptors (Lipinski definition) is 4. The van der Waals surface area contributed by atoms with E-state index in [0.29, 0.717) is 5.69 Å². The predicted octanol–water partition coefficient (Wildman–Crippen LogP) is 0.656. The number of H-pyrrole nitrogens is 1. The van der Waals surface area contributed by atoms with Crippen molar-refractivity contribution in [2.45, 2.75) is 6.92 Å². The Hall–Kier alpha value is -2.37. The Balaban J connectivity index is 2.52. The van der Waals surface area contributed by atoms with Gasteiger partial charge in [0.05, 0.1) is 12.8 Å². The van der Waals surface area contributed by atoms with Gasteiger partial charge in [-0.1, -0.05) is 12.1 Å². The van der Waals surface area contributed by atoms with Crippen LogP contribution in [0.1, 0.15) is 16.1 Å². The first-order valence-corrected chi connectivity index (χ1v) is 4.96. The molecule has 0 amide bonds. The van der Waals surface area contributed by atoms with Crippen molar-refractivity contribution in [3.8, 4) is 5.69 Å². The molecule has 0 radical (unpaired) electrons. The third-order valence-corrected chi connectivity index (χ3v) is 2.31. The zero-order chi connectivity index (χ0) is 12.4. The molecule has 88 valence electrons. The third kappa shape index (κ3) is 1.96. The molecule has 0 unspecified atom stereocenters. The summed E-state index contributed by atoms with van der Waals surface area (Å²) < 4.78 is 5.65. The van der Waals surface area contributed by atoms with E-state index in [1.54, 1.807) is 12.1 Å². The van der Waals surface area contributed by atoms with Gasteiger partial charge in [-0.25, -0.2) is 14.7 Å². The van der Waals surface area contributed by atoms with Crippen LogP contribution in [0.25, 0.3) is 5.69 Å². The molecule has 1 heterocycles. The van der Waals surface area contributed by atoms with E-state index >= 15 is 0 Å². The number of hydrogen-bond donors (Lipinski definition) is 1. The Morgan fingerprint density at radius 3 is 2.88 bits per heavy atom. The SMILES string of the molecule is COC(=O)c1n[nH]n(-c2cccc(C)c2)c1=O. The van der Waals surface area contributed by atoms with Crippen molar-refractivity contribution in [2.24, 2.45) is 0 Å². The first-order chi connectivity index (χ1) is 8.13. The first kappa shape index (κ1) is 11.1. The maximum Gasteiger partial charge on any atom is 0.364 e. The Kier molecular flexibility index (Phi) is 2.78. The summed E-state index contributed by atoms with van der Waals surface area (Å²) in [6, 6.07) is 7.27. The van der Waals surface area contributed by atoms with Crippen molar-refractivity contribution in [3.05, 3.63) is 45.9 Å². The molecule has 0 saturated heterocycles. The van der Waals surface area contributed by atoms with Crippen LogP contribution >= 0.6 is 0 Å². The highest BCUT2D eigenvalue weighted by atomic mass is 16.5. The van der Waals surface area contributed by atoms with Gasteiger partial charge in [0.15, 0.2) is 0 Å². The number of carbonyl (C=O) groups excluding carboxylic acids is 1. The van der Waals surface area contributed by atoms with Crippen LogP contribution in [0.5, 0.6) is 0 Å². The Morgan fingerprint density at radius 2 is 2.24 bits per heavy atom. The van der Waals surface area contributed by atoms with E-state index in [-0.39, 0.29) is 5.69 Å². The fourth-order valence-electron chi connectivity index (χ4n) is 1.47. The fourth-order valence-corrected chi connectivity index (χ4v) is 1.47. The molecule has 0 fully saturated rings. The Labute approximate surface area is 96.8 Å². The molecule has 0 atom stereocenters. The number of nitrogens with zero attached hydrogens (tertiary/aromatic N) is 2. The van der Waals surface area contributed by atoms with E-state index in [1.807, 2.05) is 19.1 Å². The second-order valence-corrected chi connectivity index (χ2v) is 3.53. The van der Waals surface area contributed by atoms with E-state index in [2.05, 4.69) is 15.0 Å². The Morgan fingerprint density at radius 1 is 1.47 bits per heavy atom. The van der Waals surface area contributed by atoms with Crippen LogP contribution < -0.4 is 5.56 Å². The van der Waals surface area contributed by atoms with Crippen LogP contribution in [-0.4, -0.2) is 28.1 Å². The highest BCUT2D eigenvalue weighted by Crippen LogP contribution is 2.06. The zero-order valence-electron chi connectivity index (χ0n) is 9.43. The highest BCUT2D eigenvalue weighted by Gasteiger charge is 2.17. The maximum absolute atomic E-state index is 11.8. The number of aryl methyl sites for hydroxylation is 1. The summed E-state index contributed by atoms with van der Waals surface area (Å²) in [6.07, 6.45) is 0. The zero-order valence-corrected chi connectivity index (χ0v) is 9.43. The van der Waals surface area contributed by atoms with E-state index in [0.717, 1.165) is 5.56 Å². The monoisotopic (exact) mass is 233 g/mol. The van der Waals surface area contributed by atoms with Crippen molar-refractivity contribution < 1.29 is 9.53 Å². The standard InChI is InChI=1S/C11H11N3O3/c1-7-4-3-5-8(6-7)14-10(15)9(12-13-14)11(16)17-2/h3-6,13H,1-2H3. The number of aromatic nitrogens is 3. The van der Waals surface area contributed by atoms with Gasteiger partial charge >= 0.3 is 11.5 Å². The normalized spacial score (nSPS) is 10.2. The summed E-state index contributed by atoms with van der Waals surface area (Å²) in [5, 5.41) is 6.13. The predicted molar refractivity (Wildman–Crippen MR) is 60.3 cm³/mol. The summed E-state index contributed by atoms with van der Waals surface area (Å²) in [5.41, 5.74) is 0.845. The van der Waals surface area contributed by atoms with Crippen molar-refractivity contribution in [1.29, 1.82) is 0 Å². The summed E-state index contributed by atoms with van der Waals surface area (Å²) in [6.45, 7) is 1.91. The smallest absolute Gasteiger partial charge is 0.364 e. The molecular formula is C11H11N3O3. The van der Waals surface area contributed by atoms with Gasteiger partial charge in [-0.3, -0.25) is 4.79 Å². The van der Waals surface area contributed by atoms with E-state index in [9.17, 15) is 9.59 Å². The fraction of sp³-hybridized carbons (Fsp3) is 0.182. The lowest BCUT2D eigenvalue weighted by Crippen LogP contribution is -2.21. The van der Waals surface area contributed by atoms with Crippen molar-refractivity contribution >= 4 is 5.97 Å². The minimum atomic E-state index is -0.752. The molecular weight excluding hydrogens is 222 g/mol. The van der Waals surface area contributed by atoms with Gasteiger partial charge in [0.25, 0.3) is 0 Å². The molecule has 6 heteroatoms. The molecule has 0 aliphatic heterocycles. The summed E-state index contributed by atoms with van der Waals surface area (Å²) in [4.78, 5) is 23.1. The van der Waals surface area contributed by atoms with Crippen molar-refractivity contribution in [2.75, 3.05) is 7.11 Å². The van der Waals surface area contributed by atoms with Gasteiger partial charge in [0.2, 0.25) is 5.69 Å². The molecule has 0 aliphatic rings. The minimum absolute atomic E-state index is 0.256. The average molecular weight is 233 g/mol. The van der Waals surface area contributed by atoms with Gasteiger partial charge in [-0.15, -0.1) is 5.10 Å². The molecule has 2 rings (SSSR count). The van der Waals surface area contributed by atoms with Crippen LogP contribution in [0.3, 0.4) is 0 Å². The van der Waals surface area contributed by atoms with Crippen molar-refractivity contribution in [3.63, 3.8) is 0 Å². The lowest BCUT2D eigenvalue weighted by atomic mass is 10.2. The van der Waals surface area contributed by atoms with Crippen LogP contribution in [0.15, 0.2) is 29.1 Å². The van der Waals surface area contributed by atoms with E-state index < -0.39 is 11.5 Å². The van der Waals surface area contributed by atoms with Crippen LogP contribution in [0.4, 0.5) is 0 Å².